The number of amides is 1. The summed E-state index contributed by atoms with van der Waals surface area (Å²) in [7, 11) is -2.15. The Bertz CT molecular complexity index is 856. The number of benzene rings is 1. The Kier molecular flexibility index (Phi) is 7.41. The van der Waals surface area contributed by atoms with Gasteiger partial charge in [0.05, 0.1) is 4.90 Å². The van der Waals surface area contributed by atoms with Crippen LogP contribution in [0.1, 0.15) is 29.8 Å². The maximum Gasteiger partial charge on any atom is 0.294 e. The Hall–Kier alpha value is -2.58. The van der Waals surface area contributed by atoms with Gasteiger partial charge < -0.3 is 0 Å². The van der Waals surface area contributed by atoms with Crippen LogP contribution in [-0.4, -0.2) is 24.6 Å². The number of carbonyl (C=O) groups excluding carboxylic acids is 1. The lowest BCUT2D eigenvalue weighted by Crippen LogP contribution is -2.29. The fourth-order valence-corrected chi connectivity index (χ4v) is 2.14. The van der Waals surface area contributed by atoms with Gasteiger partial charge in [-0.1, -0.05) is 17.7 Å². The Labute approximate surface area is 147 Å². The molecular weight excluding hydrogens is 342 g/mol. The van der Waals surface area contributed by atoms with E-state index in [9.17, 15) is 13.2 Å². The Balaban J connectivity index is 0.000000257. The molecule has 0 bridgehead atoms. The lowest BCUT2D eigenvalue weighted by atomic mass is 10.2. The van der Waals surface area contributed by atoms with Crippen LogP contribution in [0.3, 0.4) is 0 Å². The Morgan fingerprint density at radius 1 is 1.16 bits per heavy atom. The topological polar surface area (TPSA) is 99.7 Å². The van der Waals surface area contributed by atoms with Crippen molar-refractivity contribution in [2.75, 3.05) is 0 Å². The minimum Gasteiger partial charge on any atom is -0.282 e. The number of hydrogen-bond acceptors (Lipinski definition) is 4. The van der Waals surface area contributed by atoms with Crippen molar-refractivity contribution in [3.63, 3.8) is 0 Å². The molecule has 0 atom stereocenters. The van der Waals surface area contributed by atoms with E-state index in [1.165, 1.54) is 12.1 Å². The number of aryl methyl sites for hydroxylation is 2. The van der Waals surface area contributed by atoms with Crippen LogP contribution in [0.5, 0.6) is 0 Å². The number of aromatic nitrogens is 1. The van der Waals surface area contributed by atoms with Crippen molar-refractivity contribution in [3.8, 4) is 0 Å². The van der Waals surface area contributed by atoms with Gasteiger partial charge in [0, 0.05) is 11.8 Å². The molecule has 134 valence electrons. The molecule has 0 fully saturated rings. The molecule has 0 aliphatic heterocycles. The van der Waals surface area contributed by atoms with Crippen LogP contribution in [0.15, 0.2) is 58.8 Å². The van der Waals surface area contributed by atoms with Crippen molar-refractivity contribution >= 4 is 21.7 Å². The first-order chi connectivity index (χ1) is 11.6. The van der Waals surface area contributed by atoms with Crippen LogP contribution in [0, 0.1) is 6.92 Å². The second kappa shape index (κ2) is 9.05. The van der Waals surface area contributed by atoms with Crippen molar-refractivity contribution in [2.24, 2.45) is 12.1 Å². The van der Waals surface area contributed by atoms with Crippen molar-refractivity contribution in [2.45, 2.75) is 25.7 Å². The van der Waals surface area contributed by atoms with E-state index >= 15 is 0 Å². The largest absolute Gasteiger partial charge is 0.294 e. The predicted octanol–water partition coefficient (Wildman–Crippen LogP) is 1.88. The SMILES string of the molecule is CC(C)=NNC(=O)c1ccc[n+](C)c1.Cc1ccc(S(=O)(=O)O)cc1. The third-order valence-corrected chi connectivity index (χ3v) is 3.77. The van der Waals surface area contributed by atoms with Gasteiger partial charge in [-0.2, -0.15) is 13.5 Å². The fourth-order valence-electron chi connectivity index (χ4n) is 1.66. The highest BCUT2D eigenvalue weighted by molar-refractivity contribution is 7.85. The van der Waals surface area contributed by atoms with Crippen molar-refractivity contribution in [3.05, 3.63) is 59.9 Å². The number of nitrogens with zero attached hydrogens (tertiary/aromatic N) is 2. The molecule has 2 aromatic rings. The molecule has 8 heteroatoms. The van der Waals surface area contributed by atoms with E-state index in [-0.39, 0.29) is 10.8 Å². The van der Waals surface area contributed by atoms with Crippen LogP contribution in [0.2, 0.25) is 0 Å². The van der Waals surface area contributed by atoms with Gasteiger partial charge in [-0.25, -0.2) is 9.99 Å². The molecule has 25 heavy (non-hydrogen) atoms. The average Bonchev–Trinajstić information content (AvgIpc) is 2.52. The van der Waals surface area contributed by atoms with Gasteiger partial charge in [-0.15, -0.1) is 0 Å². The van der Waals surface area contributed by atoms with Gasteiger partial charge in [0.25, 0.3) is 16.0 Å². The summed E-state index contributed by atoms with van der Waals surface area (Å²) in [6, 6.07) is 9.55. The van der Waals surface area contributed by atoms with Gasteiger partial charge in [0.1, 0.15) is 12.6 Å². The predicted molar refractivity (Wildman–Crippen MR) is 94.9 cm³/mol. The Morgan fingerprint density at radius 3 is 2.24 bits per heavy atom. The van der Waals surface area contributed by atoms with E-state index in [1.807, 2.05) is 44.6 Å². The lowest BCUT2D eigenvalue weighted by Gasteiger charge is -1.98. The minimum atomic E-state index is -4.02. The highest BCUT2D eigenvalue weighted by Gasteiger charge is 2.07. The second-order valence-corrected chi connectivity index (χ2v) is 6.97. The highest BCUT2D eigenvalue weighted by Crippen LogP contribution is 2.08. The number of pyridine rings is 1. The third kappa shape index (κ3) is 7.69. The third-order valence-electron chi connectivity index (χ3n) is 2.90. The standard InChI is InChI=1S/C10H13N3O.C7H8O3S/c1-8(2)11-12-10(14)9-5-4-6-13(3)7-9;1-6-2-4-7(5-3-6)11(8,9)10/h4-7H,1-3H3;2-5H,1H3,(H,8,9,10)/p+1. The molecule has 0 saturated carbocycles. The van der Waals surface area contributed by atoms with Gasteiger partial charge in [0.2, 0.25) is 0 Å². The van der Waals surface area contributed by atoms with Crippen molar-refractivity contribution < 1.29 is 22.3 Å². The molecule has 0 aliphatic carbocycles. The molecule has 0 saturated heterocycles. The molecule has 0 spiro atoms. The Morgan fingerprint density at radius 2 is 1.76 bits per heavy atom. The summed E-state index contributed by atoms with van der Waals surface area (Å²) in [5, 5.41) is 3.84. The van der Waals surface area contributed by atoms with Crippen LogP contribution in [0.4, 0.5) is 0 Å². The smallest absolute Gasteiger partial charge is 0.282 e. The molecular formula is C17H22N3O4S+. The average molecular weight is 364 g/mol. The van der Waals surface area contributed by atoms with Crippen molar-refractivity contribution in [1.82, 2.24) is 5.43 Å². The van der Waals surface area contributed by atoms with E-state index in [0.29, 0.717) is 5.56 Å². The number of hydrogen-bond donors (Lipinski definition) is 2. The molecule has 1 heterocycles. The number of carbonyl (C=O) groups is 1. The zero-order chi connectivity index (χ0) is 19.0. The zero-order valence-electron chi connectivity index (χ0n) is 14.6. The molecule has 2 rings (SSSR count). The first kappa shape index (κ1) is 20.5. The van der Waals surface area contributed by atoms with E-state index in [0.717, 1.165) is 11.3 Å². The van der Waals surface area contributed by atoms with Gasteiger partial charge in [0.15, 0.2) is 12.4 Å². The molecule has 1 amide bonds. The summed E-state index contributed by atoms with van der Waals surface area (Å²) in [5.41, 5.74) is 4.83. The summed E-state index contributed by atoms with van der Waals surface area (Å²) in [6.07, 6.45) is 3.61. The second-order valence-electron chi connectivity index (χ2n) is 5.55. The molecule has 0 unspecified atom stereocenters. The minimum absolute atomic E-state index is 0.0666. The van der Waals surface area contributed by atoms with E-state index < -0.39 is 10.1 Å². The van der Waals surface area contributed by atoms with Gasteiger partial charge in [-0.3, -0.25) is 9.35 Å². The van der Waals surface area contributed by atoms with E-state index in [1.54, 1.807) is 24.4 Å². The van der Waals surface area contributed by atoms with Gasteiger partial charge in [-0.05, 0) is 39.0 Å². The monoisotopic (exact) mass is 364 g/mol. The van der Waals surface area contributed by atoms with Crippen LogP contribution in [-0.2, 0) is 17.2 Å². The van der Waals surface area contributed by atoms with Gasteiger partial charge >= 0.3 is 0 Å². The number of rotatable bonds is 3. The summed E-state index contributed by atoms with van der Waals surface area (Å²) < 4.78 is 31.4. The summed E-state index contributed by atoms with van der Waals surface area (Å²) in [5.74, 6) is -0.192. The maximum atomic E-state index is 11.5. The van der Waals surface area contributed by atoms with Crippen molar-refractivity contribution in [1.29, 1.82) is 0 Å². The number of nitrogens with one attached hydrogen (secondary N) is 1. The molecule has 1 aromatic heterocycles. The summed E-state index contributed by atoms with van der Waals surface area (Å²) in [6.45, 7) is 5.49. The summed E-state index contributed by atoms with van der Waals surface area (Å²) >= 11 is 0. The normalized spacial score (nSPS) is 10.3. The fraction of sp³-hybridized carbons (Fsp3) is 0.235. The first-order valence-electron chi connectivity index (χ1n) is 7.40. The molecule has 0 radical (unpaired) electrons. The first-order valence-corrected chi connectivity index (χ1v) is 8.84. The quantitative estimate of drug-likeness (QED) is 0.376. The molecule has 2 N–H and O–H groups in total. The number of hydrazone groups is 1. The molecule has 1 aromatic carbocycles. The summed E-state index contributed by atoms with van der Waals surface area (Å²) in [4.78, 5) is 11.4. The zero-order valence-corrected chi connectivity index (χ0v) is 15.4. The molecule has 7 nitrogen and oxygen atoms in total. The highest BCUT2D eigenvalue weighted by atomic mass is 32.2. The van der Waals surface area contributed by atoms with Crippen LogP contribution in [0.25, 0.3) is 0 Å². The maximum absolute atomic E-state index is 11.5. The van der Waals surface area contributed by atoms with Crippen LogP contribution < -0.4 is 9.99 Å². The lowest BCUT2D eigenvalue weighted by molar-refractivity contribution is -0.671. The van der Waals surface area contributed by atoms with Crippen LogP contribution >= 0.6 is 0 Å². The van der Waals surface area contributed by atoms with E-state index in [4.69, 9.17) is 4.55 Å². The van der Waals surface area contributed by atoms with E-state index in [2.05, 4.69) is 10.5 Å². The molecule has 0 aliphatic rings.